The largest absolute Gasteiger partial charge is 0.366 e. The predicted molar refractivity (Wildman–Crippen MR) is 62.4 cm³/mol. The molecule has 0 saturated carbocycles. The van der Waals surface area contributed by atoms with E-state index in [9.17, 15) is 4.79 Å². The molecule has 0 saturated heterocycles. The van der Waals surface area contributed by atoms with E-state index in [1.807, 2.05) is 0 Å². The number of benzene rings is 1. The molecule has 2 N–H and O–H groups in total. The van der Waals surface area contributed by atoms with Crippen LogP contribution in [0.3, 0.4) is 0 Å². The van der Waals surface area contributed by atoms with Gasteiger partial charge in [0.2, 0.25) is 5.91 Å². The third-order valence-corrected chi connectivity index (χ3v) is 2.25. The molecular formula is C10H8ClN5O. The number of hydrogen-bond donors (Lipinski definition) is 1. The number of nitrogens with two attached hydrogens (primary N) is 1. The van der Waals surface area contributed by atoms with Crippen molar-refractivity contribution in [1.82, 2.24) is 20.2 Å². The highest BCUT2D eigenvalue weighted by Gasteiger charge is 2.04. The lowest BCUT2D eigenvalue weighted by atomic mass is 10.1. The first-order chi connectivity index (χ1) is 8.16. The average Bonchev–Trinajstić information content (AvgIpc) is 2.80. The standard InChI is InChI=1S/C10H8ClN5O/c11-8-2-3-9(16-6-13-14-15-16)7(5-8)1-4-10(12)17/h1-6H,(H2,12,17). The van der Waals surface area contributed by atoms with Crippen LogP contribution >= 0.6 is 11.6 Å². The van der Waals surface area contributed by atoms with Gasteiger partial charge in [0.15, 0.2) is 0 Å². The quantitative estimate of drug-likeness (QED) is 0.816. The van der Waals surface area contributed by atoms with E-state index in [4.69, 9.17) is 17.3 Å². The zero-order valence-electron chi connectivity index (χ0n) is 8.62. The topological polar surface area (TPSA) is 86.7 Å². The minimum Gasteiger partial charge on any atom is -0.366 e. The molecule has 1 heterocycles. The Bertz CT molecular complexity index is 564. The van der Waals surface area contributed by atoms with Crippen molar-refractivity contribution in [2.45, 2.75) is 0 Å². The summed E-state index contributed by atoms with van der Waals surface area (Å²) in [5, 5.41) is 11.4. The van der Waals surface area contributed by atoms with E-state index in [-0.39, 0.29) is 0 Å². The first kappa shape index (κ1) is 11.3. The Morgan fingerprint density at radius 1 is 1.47 bits per heavy atom. The van der Waals surface area contributed by atoms with Crippen LogP contribution in [0.15, 0.2) is 30.6 Å². The van der Waals surface area contributed by atoms with Gasteiger partial charge in [0.05, 0.1) is 5.69 Å². The number of primary amides is 1. The predicted octanol–water partition coefficient (Wildman–Crippen LogP) is 0.814. The minimum absolute atomic E-state index is 0.535. The number of carbonyl (C=O) groups excluding carboxylic acids is 1. The maximum absolute atomic E-state index is 10.7. The molecule has 6 nitrogen and oxygen atoms in total. The Balaban J connectivity index is 2.48. The summed E-state index contributed by atoms with van der Waals surface area (Å²) in [6, 6.07) is 5.15. The zero-order chi connectivity index (χ0) is 12.3. The molecule has 0 fully saturated rings. The van der Waals surface area contributed by atoms with Crippen molar-refractivity contribution in [1.29, 1.82) is 0 Å². The molecule has 2 rings (SSSR count). The summed E-state index contributed by atoms with van der Waals surface area (Å²) in [6.07, 6.45) is 4.26. The molecule has 0 spiro atoms. The molecule has 1 aromatic heterocycles. The van der Waals surface area contributed by atoms with Gasteiger partial charge >= 0.3 is 0 Å². The molecule has 0 radical (unpaired) electrons. The smallest absolute Gasteiger partial charge is 0.241 e. The van der Waals surface area contributed by atoms with Gasteiger partial charge in [0.1, 0.15) is 6.33 Å². The molecule has 0 aliphatic heterocycles. The summed E-state index contributed by atoms with van der Waals surface area (Å²) in [6.45, 7) is 0. The monoisotopic (exact) mass is 249 g/mol. The van der Waals surface area contributed by atoms with E-state index in [0.717, 1.165) is 0 Å². The lowest BCUT2D eigenvalue weighted by Crippen LogP contribution is -2.05. The minimum atomic E-state index is -0.535. The Hall–Kier alpha value is -2.21. The summed E-state index contributed by atoms with van der Waals surface area (Å²) < 4.78 is 1.47. The van der Waals surface area contributed by atoms with Gasteiger partial charge in [0, 0.05) is 16.7 Å². The van der Waals surface area contributed by atoms with Crippen LogP contribution in [0.4, 0.5) is 0 Å². The molecule has 1 amide bonds. The second-order valence-electron chi connectivity index (χ2n) is 3.19. The first-order valence-electron chi connectivity index (χ1n) is 4.67. The van der Waals surface area contributed by atoms with Gasteiger partial charge in [-0.3, -0.25) is 4.79 Å². The summed E-state index contributed by atoms with van der Waals surface area (Å²) in [5.74, 6) is -0.535. The van der Waals surface area contributed by atoms with Gasteiger partial charge in [-0.05, 0) is 34.7 Å². The molecule has 0 aliphatic rings. The third kappa shape index (κ3) is 2.67. The SMILES string of the molecule is NC(=O)C=Cc1cc(Cl)ccc1-n1cnnn1. The number of amides is 1. The first-order valence-corrected chi connectivity index (χ1v) is 5.05. The van der Waals surface area contributed by atoms with Gasteiger partial charge in [-0.1, -0.05) is 11.6 Å². The second-order valence-corrected chi connectivity index (χ2v) is 3.63. The normalized spacial score (nSPS) is 10.9. The lowest BCUT2D eigenvalue weighted by molar-refractivity contribution is -0.113. The van der Waals surface area contributed by atoms with E-state index in [1.54, 1.807) is 24.3 Å². The summed E-state index contributed by atoms with van der Waals surface area (Å²) in [4.78, 5) is 10.7. The van der Waals surface area contributed by atoms with Crippen LogP contribution < -0.4 is 5.73 Å². The maximum atomic E-state index is 10.7. The van der Waals surface area contributed by atoms with Crippen molar-refractivity contribution in [3.05, 3.63) is 41.2 Å². The Labute approximate surface area is 102 Å². The fraction of sp³-hybridized carbons (Fsp3) is 0. The second kappa shape index (κ2) is 4.75. The number of carbonyl (C=O) groups is 1. The highest BCUT2D eigenvalue weighted by atomic mass is 35.5. The van der Waals surface area contributed by atoms with E-state index in [1.165, 1.54) is 17.1 Å². The number of rotatable bonds is 3. The van der Waals surface area contributed by atoms with Crippen LogP contribution in [-0.2, 0) is 4.79 Å². The van der Waals surface area contributed by atoms with Crippen LogP contribution in [0.1, 0.15) is 5.56 Å². The molecule has 0 bridgehead atoms. The van der Waals surface area contributed by atoms with Gasteiger partial charge < -0.3 is 5.73 Å². The third-order valence-electron chi connectivity index (χ3n) is 2.01. The van der Waals surface area contributed by atoms with Crippen molar-refractivity contribution < 1.29 is 4.79 Å². The fourth-order valence-electron chi connectivity index (χ4n) is 1.31. The van der Waals surface area contributed by atoms with Crippen LogP contribution in [0, 0.1) is 0 Å². The van der Waals surface area contributed by atoms with Crippen LogP contribution in [0.2, 0.25) is 5.02 Å². The van der Waals surface area contributed by atoms with Gasteiger partial charge in [0.25, 0.3) is 0 Å². The van der Waals surface area contributed by atoms with Crippen molar-refractivity contribution in [2.75, 3.05) is 0 Å². The van der Waals surface area contributed by atoms with Gasteiger partial charge in [-0.15, -0.1) is 5.10 Å². The summed E-state index contributed by atoms with van der Waals surface area (Å²) >= 11 is 5.88. The summed E-state index contributed by atoms with van der Waals surface area (Å²) in [5.41, 5.74) is 6.44. The Morgan fingerprint density at radius 2 is 2.29 bits per heavy atom. The molecule has 0 aliphatic carbocycles. The number of tetrazole rings is 1. The highest BCUT2D eigenvalue weighted by Crippen LogP contribution is 2.20. The van der Waals surface area contributed by atoms with Crippen LogP contribution in [0.25, 0.3) is 11.8 Å². The van der Waals surface area contributed by atoms with Gasteiger partial charge in [-0.25, -0.2) is 0 Å². The van der Waals surface area contributed by atoms with Crippen molar-refractivity contribution >= 4 is 23.6 Å². The Morgan fingerprint density at radius 3 is 2.94 bits per heavy atom. The van der Waals surface area contributed by atoms with Crippen molar-refractivity contribution in [3.8, 4) is 5.69 Å². The molecule has 86 valence electrons. The van der Waals surface area contributed by atoms with E-state index >= 15 is 0 Å². The van der Waals surface area contributed by atoms with Crippen molar-refractivity contribution in [2.24, 2.45) is 5.73 Å². The maximum Gasteiger partial charge on any atom is 0.241 e. The highest BCUT2D eigenvalue weighted by molar-refractivity contribution is 6.30. The number of halogens is 1. The molecule has 7 heteroatoms. The zero-order valence-corrected chi connectivity index (χ0v) is 9.37. The molecule has 2 aromatic rings. The van der Waals surface area contributed by atoms with E-state index < -0.39 is 5.91 Å². The van der Waals surface area contributed by atoms with Gasteiger partial charge in [-0.2, -0.15) is 4.68 Å². The fourth-order valence-corrected chi connectivity index (χ4v) is 1.49. The van der Waals surface area contributed by atoms with E-state index in [0.29, 0.717) is 16.3 Å². The lowest BCUT2D eigenvalue weighted by Gasteiger charge is -2.04. The molecule has 0 unspecified atom stereocenters. The number of hydrogen-bond acceptors (Lipinski definition) is 4. The number of aromatic nitrogens is 4. The molecule has 0 atom stereocenters. The van der Waals surface area contributed by atoms with Crippen molar-refractivity contribution in [3.63, 3.8) is 0 Å². The molecular weight excluding hydrogens is 242 g/mol. The molecule has 1 aromatic carbocycles. The number of nitrogens with zero attached hydrogens (tertiary/aromatic N) is 4. The average molecular weight is 250 g/mol. The van der Waals surface area contributed by atoms with Crippen LogP contribution in [0.5, 0.6) is 0 Å². The molecule has 17 heavy (non-hydrogen) atoms. The van der Waals surface area contributed by atoms with Crippen LogP contribution in [-0.4, -0.2) is 26.1 Å². The Kier molecular flexibility index (Phi) is 3.15. The van der Waals surface area contributed by atoms with E-state index in [2.05, 4.69) is 15.5 Å². The summed E-state index contributed by atoms with van der Waals surface area (Å²) in [7, 11) is 0.